The molecule has 0 amide bonds. The average Bonchev–Trinajstić information content (AvgIpc) is 2.89. The lowest BCUT2D eigenvalue weighted by molar-refractivity contribution is -0.274. The molecule has 0 saturated carbocycles. The summed E-state index contributed by atoms with van der Waals surface area (Å²) in [7, 11) is 0. The van der Waals surface area contributed by atoms with Crippen molar-refractivity contribution in [3.63, 3.8) is 0 Å². The van der Waals surface area contributed by atoms with E-state index < -0.39 is 13.2 Å². The van der Waals surface area contributed by atoms with Crippen molar-refractivity contribution in [1.82, 2.24) is 0 Å². The van der Waals surface area contributed by atoms with Gasteiger partial charge in [-0.15, -0.1) is 13.2 Å². The van der Waals surface area contributed by atoms with E-state index >= 15 is 0 Å². The lowest BCUT2D eigenvalue weighted by Gasteiger charge is -2.11. The molecule has 1 aromatic heterocycles. The van der Waals surface area contributed by atoms with E-state index in [1.54, 1.807) is 30.3 Å². The molecule has 23 heavy (non-hydrogen) atoms. The maximum Gasteiger partial charge on any atom is 0.573 e. The van der Waals surface area contributed by atoms with Crippen molar-refractivity contribution in [2.45, 2.75) is 6.36 Å². The Balaban J connectivity index is 2.03. The number of hydrogen-bond acceptors (Lipinski definition) is 4. The largest absolute Gasteiger partial charge is 0.573 e. The van der Waals surface area contributed by atoms with Crippen molar-refractivity contribution in [2.75, 3.05) is 6.79 Å². The highest BCUT2D eigenvalue weighted by atomic mass is 19.4. The summed E-state index contributed by atoms with van der Waals surface area (Å²) in [6.07, 6.45) is -4.79. The monoisotopic (exact) mass is 324 g/mol. The van der Waals surface area contributed by atoms with Crippen LogP contribution in [-0.4, -0.2) is 18.3 Å². The molecule has 0 spiro atoms. The van der Waals surface area contributed by atoms with Gasteiger partial charge in [-0.2, -0.15) is 0 Å². The molecule has 1 heterocycles. The highest BCUT2D eigenvalue weighted by Crippen LogP contribution is 2.37. The van der Waals surface area contributed by atoms with Gasteiger partial charge in [-0.3, -0.25) is 0 Å². The number of aliphatic hydroxyl groups excluding tert-OH is 1. The highest BCUT2D eigenvalue weighted by Gasteiger charge is 2.32. The second kappa shape index (κ2) is 5.85. The van der Waals surface area contributed by atoms with Crippen molar-refractivity contribution in [1.29, 1.82) is 0 Å². The molecule has 0 radical (unpaired) electrons. The van der Waals surface area contributed by atoms with Crippen LogP contribution in [-0.2, 0) is 0 Å². The topological polar surface area (TPSA) is 51.8 Å². The zero-order chi connectivity index (χ0) is 16.4. The number of alkyl halides is 3. The molecular formula is C16H11F3O4. The summed E-state index contributed by atoms with van der Waals surface area (Å²) in [5.74, 6) is 0.285. The number of rotatable bonds is 4. The first-order valence-corrected chi connectivity index (χ1v) is 6.59. The van der Waals surface area contributed by atoms with Gasteiger partial charge in [0.15, 0.2) is 6.79 Å². The van der Waals surface area contributed by atoms with Crippen molar-refractivity contribution >= 4 is 11.0 Å². The number of aliphatic hydroxyl groups is 1. The Morgan fingerprint density at radius 3 is 2.57 bits per heavy atom. The molecule has 0 aliphatic carbocycles. The third-order valence-corrected chi connectivity index (χ3v) is 3.10. The molecule has 120 valence electrons. The molecule has 0 fully saturated rings. The Kier molecular flexibility index (Phi) is 3.87. The lowest BCUT2D eigenvalue weighted by Crippen LogP contribution is -2.17. The van der Waals surface area contributed by atoms with Crippen LogP contribution >= 0.6 is 0 Å². The maximum atomic E-state index is 12.5. The number of hydrogen-bond donors (Lipinski definition) is 1. The van der Waals surface area contributed by atoms with Crippen LogP contribution in [0.25, 0.3) is 22.3 Å². The van der Waals surface area contributed by atoms with E-state index in [9.17, 15) is 13.2 Å². The Bertz CT molecular complexity index is 824. The van der Waals surface area contributed by atoms with Gasteiger partial charge in [0.25, 0.3) is 0 Å². The van der Waals surface area contributed by atoms with Gasteiger partial charge < -0.3 is 19.0 Å². The van der Waals surface area contributed by atoms with Crippen molar-refractivity contribution < 1.29 is 32.2 Å². The first-order chi connectivity index (χ1) is 11.0. The van der Waals surface area contributed by atoms with Crippen LogP contribution in [0.3, 0.4) is 0 Å². The smallest absolute Gasteiger partial charge is 0.468 e. The minimum absolute atomic E-state index is 0.186. The van der Waals surface area contributed by atoms with Gasteiger partial charge in [0.05, 0.1) is 5.56 Å². The zero-order valence-electron chi connectivity index (χ0n) is 11.6. The maximum absolute atomic E-state index is 12.5. The van der Waals surface area contributed by atoms with E-state index in [4.69, 9.17) is 14.3 Å². The number of furan rings is 1. The van der Waals surface area contributed by atoms with Crippen molar-refractivity contribution in [3.05, 3.63) is 48.5 Å². The van der Waals surface area contributed by atoms with Gasteiger partial charge in [0.1, 0.15) is 22.8 Å². The van der Waals surface area contributed by atoms with E-state index in [-0.39, 0.29) is 17.1 Å². The summed E-state index contributed by atoms with van der Waals surface area (Å²) in [6.45, 7) is -0.485. The lowest BCUT2D eigenvalue weighted by atomic mass is 10.1. The van der Waals surface area contributed by atoms with Crippen molar-refractivity contribution in [2.24, 2.45) is 0 Å². The normalized spacial score (nSPS) is 11.7. The predicted molar refractivity (Wildman–Crippen MR) is 76.0 cm³/mol. The second-order valence-corrected chi connectivity index (χ2v) is 4.63. The van der Waals surface area contributed by atoms with Gasteiger partial charge >= 0.3 is 6.36 Å². The number of halogens is 3. The Morgan fingerprint density at radius 2 is 1.83 bits per heavy atom. The van der Waals surface area contributed by atoms with Crippen LogP contribution in [0.2, 0.25) is 0 Å². The summed E-state index contributed by atoms with van der Waals surface area (Å²) in [5.41, 5.74) is 0.610. The van der Waals surface area contributed by atoms with Gasteiger partial charge in [-0.1, -0.05) is 12.1 Å². The molecule has 4 nitrogen and oxygen atoms in total. The highest BCUT2D eigenvalue weighted by molar-refractivity contribution is 5.85. The summed E-state index contributed by atoms with van der Waals surface area (Å²) in [5, 5.41) is 9.43. The molecule has 0 atom stereocenters. The molecule has 0 bridgehead atoms. The molecule has 0 saturated heterocycles. The fourth-order valence-corrected chi connectivity index (χ4v) is 2.19. The summed E-state index contributed by atoms with van der Waals surface area (Å²) < 4.78 is 52.0. The van der Waals surface area contributed by atoms with Gasteiger partial charge in [-0.25, -0.2) is 0 Å². The average molecular weight is 324 g/mol. The number of fused-ring (bicyclic) bond motifs is 1. The first-order valence-electron chi connectivity index (χ1n) is 6.59. The summed E-state index contributed by atoms with van der Waals surface area (Å²) >= 11 is 0. The van der Waals surface area contributed by atoms with Crippen LogP contribution in [0, 0.1) is 0 Å². The Hall–Kier alpha value is -2.67. The third kappa shape index (κ3) is 3.40. The van der Waals surface area contributed by atoms with Crippen LogP contribution in [0.1, 0.15) is 0 Å². The molecule has 0 aliphatic heterocycles. The van der Waals surface area contributed by atoms with E-state index in [2.05, 4.69) is 4.74 Å². The van der Waals surface area contributed by atoms with E-state index in [1.807, 2.05) is 0 Å². The van der Waals surface area contributed by atoms with E-state index in [1.165, 1.54) is 18.2 Å². The standard InChI is InChI=1S/C16H11F3O4/c17-16(18,19)23-13-4-2-1-3-12(13)15-7-10-5-6-11(21-9-20)8-14(10)22-15/h1-8,20H,9H2. The molecule has 2 aromatic carbocycles. The summed E-state index contributed by atoms with van der Waals surface area (Å²) in [4.78, 5) is 0. The SMILES string of the molecule is OCOc1ccc2cc(-c3ccccc3OC(F)(F)F)oc2c1. The Labute approximate surface area is 128 Å². The first kappa shape index (κ1) is 15.2. The number of para-hydroxylation sites is 1. The van der Waals surface area contributed by atoms with Gasteiger partial charge in [-0.05, 0) is 30.3 Å². The minimum atomic E-state index is -4.79. The van der Waals surface area contributed by atoms with Crippen LogP contribution in [0.5, 0.6) is 11.5 Å². The van der Waals surface area contributed by atoms with Crippen LogP contribution in [0.4, 0.5) is 13.2 Å². The number of ether oxygens (including phenoxy) is 2. The van der Waals surface area contributed by atoms with E-state index in [0.29, 0.717) is 16.7 Å². The molecule has 3 rings (SSSR count). The molecule has 0 unspecified atom stereocenters. The molecule has 1 N–H and O–H groups in total. The number of benzene rings is 2. The Morgan fingerprint density at radius 1 is 1.04 bits per heavy atom. The van der Waals surface area contributed by atoms with Crippen LogP contribution < -0.4 is 9.47 Å². The van der Waals surface area contributed by atoms with Crippen LogP contribution in [0.15, 0.2) is 52.9 Å². The molecule has 3 aromatic rings. The molecular weight excluding hydrogens is 313 g/mol. The second-order valence-electron chi connectivity index (χ2n) is 4.63. The zero-order valence-corrected chi connectivity index (χ0v) is 11.6. The van der Waals surface area contributed by atoms with Crippen molar-refractivity contribution in [3.8, 4) is 22.8 Å². The predicted octanol–water partition coefficient (Wildman–Crippen LogP) is 4.33. The van der Waals surface area contributed by atoms with Gasteiger partial charge in [0, 0.05) is 11.5 Å². The molecule has 0 aliphatic rings. The van der Waals surface area contributed by atoms with Gasteiger partial charge in [0.2, 0.25) is 0 Å². The third-order valence-electron chi connectivity index (χ3n) is 3.10. The molecule has 7 heteroatoms. The summed E-state index contributed by atoms with van der Waals surface area (Å²) in [6, 6.07) is 12.2. The fourth-order valence-electron chi connectivity index (χ4n) is 2.19. The van der Waals surface area contributed by atoms with E-state index in [0.717, 1.165) is 0 Å². The minimum Gasteiger partial charge on any atom is -0.468 e. The quantitative estimate of drug-likeness (QED) is 0.726. The fraction of sp³-hybridized carbons (Fsp3) is 0.125.